The van der Waals surface area contributed by atoms with Crippen LogP contribution < -0.4 is 5.32 Å². The van der Waals surface area contributed by atoms with Gasteiger partial charge in [-0.2, -0.15) is 0 Å². The molecule has 2 atom stereocenters. The van der Waals surface area contributed by atoms with Crippen molar-refractivity contribution in [2.75, 3.05) is 13.1 Å². The van der Waals surface area contributed by atoms with E-state index in [2.05, 4.69) is 19.2 Å². The van der Waals surface area contributed by atoms with Gasteiger partial charge in [-0.3, -0.25) is 4.79 Å². The van der Waals surface area contributed by atoms with E-state index in [9.17, 15) is 4.79 Å². The van der Waals surface area contributed by atoms with Crippen molar-refractivity contribution in [3.63, 3.8) is 0 Å². The number of hydrogen-bond donors (Lipinski definition) is 1. The molecule has 0 aromatic heterocycles. The van der Waals surface area contributed by atoms with E-state index in [-0.39, 0.29) is 5.91 Å². The number of halogens is 1. The summed E-state index contributed by atoms with van der Waals surface area (Å²) >= 11 is 5.93. The summed E-state index contributed by atoms with van der Waals surface area (Å²) in [5.74, 6) is 0.178. The first-order chi connectivity index (χ1) is 8.54. The molecule has 98 valence electrons. The maximum absolute atomic E-state index is 12.2. The topological polar surface area (TPSA) is 32.3 Å². The van der Waals surface area contributed by atoms with Crippen molar-refractivity contribution in [3.05, 3.63) is 34.9 Å². The largest absolute Gasteiger partial charge is 0.339 e. The highest BCUT2D eigenvalue weighted by atomic mass is 35.5. The molecular weight excluding hydrogens is 248 g/mol. The van der Waals surface area contributed by atoms with Crippen LogP contribution in [0.25, 0.3) is 0 Å². The minimum absolute atomic E-state index is 0.178. The molecule has 4 heteroatoms. The van der Waals surface area contributed by atoms with Gasteiger partial charge in [-0.15, -0.1) is 0 Å². The Labute approximate surface area is 113 Å². The van der Waals surface area contributed by atoms with E-state index in [4.69, 9.17) is 11.6 Å². The Bertz CT molecular complexity index is 426. The Balaban J connectivity index is 1.99. The summed E-state index contributed by atoms with van der Waals surface area (Å²) in [5, 5.41) is 4.10. The molecule has 1 amide bonds. The molecule has 1 fully saturated rings. The summed E-state index contributed by atoms with van der Waals surface area (Å²) in [6.07, 6.45) is 0.431. The average molecular weight is 267 g/mol. The Morgan fingerprint density at radius 3 is 2.67 bits per heavy atom. The van der Waals surface area contributed by atoms with Crippen LogP contribution in [0.5, 0.6) is 0 Å². The maximum Gasteiger partial charge on any atom is 0.227 e. The molecule has 1 aliphatic rings. The van der Waals surface area contributed by atoms with Crippen LogP contribution in [0.3, 0.4) is 0 Å². The minimum Gasteiger partial charge on any atom is -0.339 e. The van der Waals surface area contributed by atoms with E-state index in [0.717, 1.165) is 18.7 Å². The third-order valence-corrected chi connectivity index (χ3v) is 3.39. The molecule has 3 nitrogen and oxygen atoms in total. The monoisotopic (exact) mass is 266 g/mol. The van der Waals surface area contributed by atoms with Gasteiger partial charge in [0.1, 0.15) is 0 Å². The molecular formula is C14H19ClN2O. The zero-order valence-electron chi connectivity index (χ0n) is 10.8. The summed E-state index contributed by atoms with van der Waals surface area (Å²) < 4.78 is 0. The van der Waals surface area contributed by atoms with Crippen molar-refractivity contribution in [2.45, 2.75) is 32.4 Å². The van der Waals surface area contributed by atoms with Crippen molar-refractivity contribution in [3.8, 4) is 0 Å². The third-order valence-electron chi connectivity index (χ3n) is 3.15. The van der Waals surface area contributed by atoms with Crippen LogP contribution in [0.4, 0.5) is 0 Å². The smallest absolute Gasteiger partial charge is 0.227 e. The van der Waals surface area contributed by atoms with Crippen LogP contribution in [0.1, 0.15) is 19.4 Å². The van der Waals surface area contributed by atoms with Gasteiger partial charge in [0.25, 0.3) is 0 Å². The van der Waals surface area contributed by atoms with Crippen LogP contribution in [0.2, 0.25) is 5.02 Å². The zero-order chi connectivity index (χ0) is 13.1. The average Bonchev–Trinajstić information content (AvgIpc) is 2.27. The summed E-state index contributed by atoms with van der Waals surface area (Å²) in [5.41, 5.74) is 0.978. The zero-order valence-corrected chi connectivity index (χ0v) is 11.6. The lowest BCUT2D eigenvalue weighted by atomic mass is 10.1. The van der Waals surface area contributed by atoms with Crippen LogP contribution in [0, 0.1) is 0 Å². The second kappa shape index (κ2) is 5.72. The Kier molecular flexibility index (Phi) is 4.25. The van der Waals surface area contributed by atoms with Gasteiger partial charge in [0, 0.05) is 30.2 Å². The fourth-order valence-corrected chi connectivity index (χ4v) is 2.68. The summed E-state index contributed by atoms with van der Waals surface area (Å²) in [6.45, 7) is 5.78. The lowest BCUT2D eigenvalue weighted by Gasteiger charge is -2.36. The Hall–Kier alpha value is -1.06. The highest BCUT2D eigenvalue weighted by Gasteiger charge is 2.24. The number of hydrogen-bond acceptors (Lipinski definition) is 2. The standard InChI is InChI=1S/C14H19ClN2O/c1-10-8-17(9-11(2)16-10)14(18)7-12-4-3-5-13(15)6-12/h3-6,10-11,16H,7-9H2,1-2H3/t10-,11-/m1/s1. The molecule has 18 heavy (non-hydrogen) atoms. The van der Waals surface area contributed by atoms with Gasteiger partial charge in [0.15, 0.2) is 0 Å². The molecule has 2 rings (SSSR count). The predicted octanol–water partition coefficient (Wildman–Crippen LogP) is 2.09. The number of benzene rings is 1. The molecule has 0 radical (unpaired) electrons. The molecule has 1 heterocycles. The van der Waals surface area contributed by atoms with E-state index in [1.54, 1.807) is 0 Å². The first-order valence-electron chi connectivity index (χ1n) is 6.33. The van der Waals surface area contributed by atoms with E-state index in [1.165, 1.54) is 0 Å². The van der Waals surface area contributed by atoms with E-state index in [0.29, 0.717) is 23.5 Å². The molecule has 0 aliphatic carbocycles. The fraction of sp³-hybridized carbons (Fsp3) is 0.500. The van der Waals surface area contributed by atoms with Crippen LogP contribution >= 0.6 is 11.6 Å². The Morgan fingerprint density at radius 2 is 2.06 bits per heavy atom. The number of rotatable bonds is 2. The van der Waals surface area contributed by atoms with Crippen molar-refractivity contribution < 1.29 is 4.79 Å². The van der Waals surface area contributed by atoms with E-state index < -0.39 is 0 Å². The van der Waals surface area contributed by atoms with Gasteiger partial charge in [-0.25, -0.2) is 0 Å². The quantitative estimate of drug-likeness (QED) is 0.889. The second-order valence-corrected chi connectivity index (χ2v) is 5.51. The molecule has 0 unspecified atom stereocenters. The highest BCUT2D eigenvalue weighted by molar-refractivity contribution is 6.30. The summed E-state index contributed by atoms with van der Waals surface area (Å²) in [6, 6.07) is 8.22. The third kappa shape index (κ3) is 3.47. The molecule has 0 spiro atoms. The molecule has 1 N–H and O–H groups in total. The lowest BCUT2D eigenvalue weighted by molar-refractivity contribution is -0.132. The number of amides is 1. The molecule has 1 aromatic carbocycles. The number of nitrogens with zero attached hydrogens (tertiary/aromatic N) is 1. The SMILES string of the molecule is C[C@@H]1CN(C(=O)Cc2cccc(Cl)c2)C[C@@H](C)N1. The molecule has 1 aromatic rings. The molecule has 0 saturated carbocycles. The van der Waals surface area contributed by atoms with Gasteiger partial charge in [0.2, 0.25) is 5.91 Å². The van der Waals surface area contributed by atoms with Gasteiger partial charge in [0.05, 0.1) is 6.42 Å². The fourth-order valence-electron chi connectivity index (χ4n) is 2.46. The van der Waals surface area contributed by atoms with E-state index in [1.807, 2.05) is 29.2 Å². The molecule has 1 aliphatic heterocycles. The minimum atomic E-state index is 0.178. The van der Waals surface area contributed by atoms with Crippen molar-refractivity contribution in [2.24, 2.45) is 0 Å². The van der Waals surface area contributed by atoms with Gasteiger partial charge in [-0.05, 0) is 31.5 Å². The predicted molar refractivity (Wildman–Crippen MR) is 73.8 cm³/mol. The van der Waals surface area contributed by atoms with Crippen molar-refractivity contribution in [1.29, 1.82) is 0 Å². The van der Waals surface area contributed by atoms with Crippen molar-refractivity contribution in [1.82, 2.24) is 10.2 Å². The second-order valence-electron chi connectivity index (χ2n) is 5.07. The van der Waals surface area contributed by atoms with Gasteiger partial charge < -0.3 is 10.2 Å². The summed E-state index contributed by atoms with van der Waals surface area (Å²) in [7, 11) is 0. The Morgan fingerprint density at radius 1 is 1.39 bits per heavy atom. The van der Waals surface area contributed by atoms with E-state index >= 15 is 0 Å². The molecule has 0 bridgehead atoms. The first kappa shape index (κ1) is 13.4. The number of carbonyl (C=O) groups excluding carboxylic acids is 1. The van der Waals surface area contributed by atoms with Crippen LogP contribution in [-0.4, -0.2) is 36.0 Å². The summed E-state index contributed by atoms with van der Waals surface area (Å²) in [4.78, 5) is 14.2. The number of piperazine rings is 1. The molecule has 1 saturated heterocycles. The number of nitrogens with one attached hydrogen (secondary N) is 1. The first-order valence-corrected chi connectivity index (χ1v) is 6.70. The highest BCUT2D eigenvalue weighted by Crippen LogP contribution is 2.13. The van der Waals surface area contributed by atoms with Gasteiger partial charge >= 0.3 is 0 Å². The number of carbonyl (C=O) groups is 1. The van der Waals surface area contributed by atoms with Crippen molar-refractivity contribution >= 4 is 17.5 Å². The maximum atomic E-state index is 12.2. The normalized spacial score (nSPS) is 24.1. The van der Waals surface area contributed by atoms with Gasteiger partial charge in [-0.1, -0.05) is 23.7 Å². The van der Waals surface area contributed by atoms with Crippen LogP contribution in [-0.2, 0) is 11.2 Å². The lowest BCUT2D eigenvalue weighted by Crippen LogP contribution is -2.56. The van der Waals surface area contributed by atoms with Crippen LogP contribution in [0.15, 0.2) is 24.3 Å².